The van der Waals surface area contributed by atoms with Gasteiger partial charge in [-0.15, -0.1) is 0 Å². The smallest absolute Gasteiger partial charge is 0.0305 e. The number of hydrogen-bond acceptors (Lipinski definition) is 0. The molecule has 1 fully saturated rings. The van der Waals surface area contributed by atoms with Gasteiger partial charge in [-0.3, -0.25) is 0 Å². The summed E-state index contributed by atoms with van der Waals surface area (Å²) in [6.07, 6.45) is 7.05. The quantitative estimate of drug-likeness (QED) is 0.609. The van der Waals surface area contributed by atoms with Crippen molar-refractivity contribution in [3.05, 3.63) is 35.4 Å². The molecule has 0 aliphatic heterocycles. The number of hydrogen-bond donors (Lipinski definition) is 0. The zero-order valence-corrected chi connectivity index (χ0v) is 12.0. The van der Waals surface area contributed by atoms with Gasteiger partial charge in [0, 0.05) is 0 Å². The van der Waals surface area contributed by atoms with E-state index < -0.39 is 0 Å². The molecule has 1 aromatic rings. The van der Waals surface area contributed by atoms with Crippen molar-refractivity contribution < 1.29 is 0 Å². The normalized spacial score (nSPS) is 23.8. The van der Waals surface area contributed by atoms with Gasteiger partial charge in [-0.05, 0) is 36.3 Å². The Bertz CT molecular complexity index is 304. The van der Waals surface area contributed by atoms with Gasteiger partial charge in [-0.1, -0.05) is 70.7 Å². The van der Waals surface area contributed by atoms with Crippen LogP contribution in [0.1, 0.15) is 57.6 Å². The second-order valence-corrected chi connectivity index (χ2v) is 5.52. The Morgan fingerprint density at radius 2 is 1.53 bits per heavy atom. The fourth-order valence-corrected chi connectivity index (χ4v) is 2.51. The maximum absolute atomic E-state index is 2.38. The topological polar surface area (TPSA) is 0 Å². The predicted molar refractivity (Wildman–Crippen MR) is 77.4 cm³/mol. The Labute approximate surface area is 107 Å². The second-order valence-electron chi connectivity index (χ2n) is 5.52. The third kappa shape index (κ3) is 4.93. The van der Waals surface area contributed by atoms with Crippen molar-refractivity contribution in [1.82, 2.24) is 0 Å². The van der Waals surface area contributed by atoms with Crippen molar-refractivity contribution >= 4 is 0 Å². The van der Waals surface area contributed by atoms with Crippen molar-refractivity contribution in [2.75, 3.05) is 0 Å². The van der Waals surface area contributed by atoms with Gasteiger partial charge >= 0.3 is 0 Å². The van der Waals surface area contributed by atoms with Crippen LogP contribution >= 0.6 is 0 Å². The summed E-state index contributed by atoms with van der Waals surface area (Å²) in [5.41, 5.74) is 2.86. The fourth-order valence-electron chi connectivity index (χ4n) is 2.51. The highest BCUT2D eigenvalue weighted by molar-refractivity contribution is 5.24. The molecule has 0 heteroatoms. The molecule has 0 saturated heterocycles. The summed E-state index contributed by atoms with van der Waals surface area (Å²) in [6.45, 7) is 9.09. The molecule has 1 aliphatic carbocycles. The van der Waals surface area contributed by atoms with Crippen LogP contribution in [-0.2, 0) is 6.42 Å². The first-order valence-corrected chi connectivity index (χ1v) is 7.19. The first-order chi connectivity index (χ1) is 8.15. The van der Waals surface area contributed by atoms with Crippen LogP contribution in [0.15, 0.2) is 24.3 Å². The largest absolute Gasteiger partial charge is 0.0623 e. The molecule has 0 N–H and O–H groups in total. The summed E-state index contributed by atoms with van der Waals surface area (Å²) < 4.78 is 0. The van der Waals surface area contributed by atoms with E-state index in [1.165, 1.54) is 36.8 Å². The predicted octanol–water partition coefficient (Wildman–Crippen LogP) is 5.39. The summed E-state index contributed by atoms with van der Waals surface area (Å²) in [7, 11) is 0. The Kier molecular flexibility index (Phi) is 6.32. The molecule has 96 valence electrons. The Balaban J connectivity index is 0.000000171. The van der Waals surface area contributed by atoms with E-state index in [2.05, 4.69) is 52.0 Å². The lowest BCUT2D eigenvalue weighted by Gasteiger charge is -2.24. The van der Waals surface area contributed by atoms with Gasteiger partial charge in [0.15, 0.2) is 0 Å². The zero-order chi connectivity index (χ0) is 12.7. The molecule has 0 unspecified atom stereocenters. The molecular weight excluding hydrogens is 204 g/mol. The zero-order valence-electron chi connectivity index (χ0n) is 12.0. The summed E-state index contributed by atoms with van der Waals surface area (Å²) in [4.78, 5) is 0. The second kappa shape index (κ2) is 7.53. The Morgan fingerprint density at radius 3 is 1.88 bits per heavy atom. The molecule has 0 spiro atoms. The van der Waals surface area contributed by atoms with Crippen LogP contribution in [0.2, 0.25) is 0 Å². The van der Waals surface area contributed by atoms with E-state index in [1.807, 2.05) is 0 Å². The maximum Gasteiger partial charge on any atom is -0.0305 e. The average molecular weight is 232 g/mol. The van der Waals surface area contributed by atoms with Crippen LogP contribution in [0.5, 0.6) is 0 Å². The number of rotatable bonds is 1. The van der Waals surface area contributed by atoms with Crippen LogP contribution in [-0.4, -0.2) is 0 Å². The minimum Gasteiger partial charge on any atom is -0.0623 e. The molecule has 0 bridgehead atoms. The average Bonchev–Trinajstić information content (AvgIpc) is 2.34. The summed E-state index contributed by atoms with van der Waals surface area (Å²) in [5.74, 6) is 2.01. The van der Waals surface area contributed by atoms with Crippen molar-refractivity contribution in [3.8, 4) is 0 Å². The van der Waals surface area contributed by atoms with Crippen LogP contribution < -0.4 is 0 Å². The van der Waals surface area contributed by atoms with E-state index in [0.29, 0.717) is 0 Å². The number of benzene rings is 1. The lowest BCUT2D eigenvalue weighted by molar-refractivity contribution is 0.277. The molecular formula is C17H28. The van der Waals surface area contributed by atoms with E-state index in [-0.39, 0.29) is 0 Å². The van der Waals surface area contributed by atoms with E-state index in [0.717, 1.165) is 18.3 Å². The standard InChI is InChI=1S/C9H12.C8H16/c1-3-9-7-5-4-6-8(9)2;1-7-5-3-4-6-8(7)2/h4-7H,3H2,1-2H3;7-8H,3-6H2,1-2H3/t;7-,8+. The molecule has 0 amide bonds. The van der Waals surface area contributed by atoms with Gasteiger partial charge in [0.2, 0.25) is 0 Å². The van der Waals surface area contributed by atoms with Crippen molar-refractivity contribution in [2.45, 2.75) is 59.8 Å². The van der Waals surface area contributed by atoms with E-state index in [9.17, 15) is 0 Å². The molecule has 0 radical (unpaired) electrons. The first-order valence-electron chi connectivity index (χ1n) is 7.19. The molecule has 0 heterocycles. The summed E-state index contributed by atoms with van der Waals surface area (Å²) >= 11 is 0. The third-order valence-corrected chi connectivity index (χ3v) is 4.18. The molecule has 1 aromatic carbocycles. The fraction of sp³-hybridized carbons (Fsp3) is 0.647. The van der Waals surface area contributed by atoms with Gasteiger partial charge in [-0.25, -0.2) is 0 Å². The molecule has 1 aliphatic rings. The molecule has 2 rings (SSSR count). The summed E-state index contributed by atoms with van der Waals surface area (Å²) in [6, 6.07) is 8.49. The molecule has 1 saturated carbocycles. The minimum atomic E-state index is 1.00. The lowest BCUT2D eigenvalue weighted by Crippen LogP contribution is -2.12. The third-order valence-electron chi connectivity index (χ3n) is 4.18. The van der Waals surface area contributed by atoms with Crippen LogP contribution in [0.3, 0.4) is 0 Å². The van der Waals surface area contributed by atoms with Crippen molar-refractivity contribution in [1.29, 1.82) is 0 Å². The van der Waals surface area contributed by atoms with E-state index in [4.69, 9.17) is 0 Å². The van der Waals surface area contributed by atoms with Crippen molar-refractivity contribution in [3.63, 3.8) is 0 Å². The van der Waals surface area contributed by atoms with Crippen LogP contribution in [0, 0.1) is 18.8 Å². The number of aryl methyl sites for hydroxylation is 2. The minimum absolute atomic E-state index is 1.00. The van der Waals surface area contributed by atoms with Gasteiger partial charge in [-0.2, -0.15) is 0 Å². The monoisotopic (exact) mass is 232 g/mol. The highest BCUT2D eigenvalue weighted by atomic mass is 14.2. The van der Waals surface area contributed by atoms with Crippen LogP contribution in [0.25, 0.3) is 0 Å². The molecule has 0 nitrogen and oxygen atoms in total. The van der Waals surface area contributed by atoms with Gasteiger partial charge in [0.1, 0.15) is 0 Å². The van der Waals surface area contributed by atoms with E-state index in [1.54, 1.807) is 0 Å². The highest BCUT2D eigenvalue weighted by Crippen LogP contribution is 2.28. The first kappa shape index (κ1) is 14.3. The van der Waals surface area contributed by atoms with Gasteiger partial charge in [0.25, 0.3) is 0 Å². The Morgan fingerprint density at radius 1 is 1.00 bits per heavy atom. The molecule has 17 heavy (non-hydrogen) atoms. The van der Waals surface area contributed by atoms with E-state index >= 15 is 0 Å². The van der Waals surface area contributed by atoms with Gasteiger partial charge in [0.05, 0.1) is 0 Å². The lowest BCUT2D eigenvalue weighted by atomic mass is 9.82. The molecule has 2 atom stereocenters. The van der Waals surface area contributed by atoms with Crippen molar-refractivity contribution in [2.24, 2.45) is 11.8 Å². The Hall–Kier alpha value is -0.780. The SMILES string of the molecule is CCc1ccccc1C.C[C@@H]1CCCC[C@@H]1C. The van der Waals surface area contributed by atoms with Crippen LogP contribution in [0.4, 0.5) is 0 Å². The summed E-state index contributed by atoms with van der Waals surface area (Å²) in [5, 5.41) is 0. The maximum atomic E-state index is 2.38. The molecule has 0 aromatic heterocycles. The highest BCUT2D eigenvalue weighted by Gasteiger charge is 2.15. The van der Waals surface area contributed by atoms with Gasteiger partial charge < -0.3 is 0 Å².